The van der Waals surface area contributed by atoms with E-state index in [2.05, 4.69) is 4.74 Å². The third-order valence-corrected chi connectivity index (χ3v) is 8.07. The molecule has 26 heavy (non-hydrogen) atoms. The molecule has 1 rings (SSSR count). The predicted molar refractivity (Wildman–Crippen MR) is 71.6 cm³/mol. The van der Waals surface area contributed by atoms with Crippen LogP contribution >= 0.6 is 0 Å². The van der Waals surface area contributed by atoms with Gasteiger partial charge in [-0.15, -0.1) is 0 Å². The first-order valence-corrected chi connectivity index (χ1v) is 10.1. The van der Waals surface area contributed by atoms with Crippen LogP contribution in [-0.2, 0) is 29.2 Å². The summed E-state index contributed by atoms with van der Waals surface area (Å²) in [6.07, 6.45) is -3.39. The first kappa shape index (κ1) is 22.9. The second-order valence-electron chi connectivity index (χ2n) is 5.45. The monoisotopic (exact) mass is 438 g/mol. The van der Waals surface area contributed by atoms with Gasteiger partial charge >= 0.3 is 17.0 Å². The Balaban J connectivity index is 3.30. The zero-order valence-corrected chi connectivity index (χ0v) is 14.3. The molecule has 6 nitrogen and oxygen atoms in total. The van der Waals surface area contributed by atoms with Gasteiger partial charge in [-0.1, -0.05) is 6.42 Å². The van der Waals surface area contributed by atoms with E-state index in [0.717, 1.165) is 0 Å². The molecule has 1 saturated carbocycles. The highest BCUT2D eigenvalue weighted by Gasteiger charge is 2.67. The van der Waals surface area contributed by atoms with Crippen LogP contribution in [0.1, 0.15) is 32.1 Å². The zero-order chi connectivity index (χ0) is 20.6. The SMILES string of the molecule is O=C(OC1CCCCC1)C(F)C(S(=O)(=O)C(F)(F)F)S(=O)(=O)C(F)(F)F. The highest BCUT2D eigenvalue weighted by molar-refractivity contribution is 8.10. The summed E-state index contributed by atoms with van der Waals surface area (Å²) >= 11 is 0. The molecule has 0 aromatic carbocycles. The van der Waals surface area contributed by atoms with E-state index in [0.29, 0.717) is 19.3 Å². The van der Waals surface area contributed by atoms with Crippen molar-refractivity contribution >= 4 is 25.6 Å². The largest absolute Gasteiger partial charge is 0.498 e. The normalized spacial score (nSPS) is 19.4. The van der Waals surface area contributed by atoms with Gasteiger partial charge in [-0.05, 0) is 25.7 Å². The fourth-order valence-corrected chi connectivity index (χ4v) is 5.64. The van der Waals surface area contributed by atoms with E-state index in [4.69, 9.17) is 0 Å². The van der Waals surface area contributed by atoms with Crippen LogP contribution in [0, 0.1) is 0 Å². The first-order valence-electron chi connectivity index (χ1n) is 6.98. The molecule has 1 unspecified atom stereocenters. The van der Waals surface area contributed by atoms with Crippen molar-refractivity contribution in [2.75, 3.05) is 0 Å². The number of carbonyl (C=O) groups is 1. The molecule has 0 aliphatic heterocycles. The fraction of sp³-hybridized carbons (Fsp3) is 0.909. The van der Waals surface area contributed by atoms with Gasteiger partial charge in [0.15, 0.2) is 0 Å². The number of sulfone groups is 2. The first-order chi connectivity index (χ1) is 11.5. The van der Waals surface area contributed by atoms with E-state index in [9.17, 15) is 52.4 Å². The Labute approximate surface area is 143 Å². The van der Waals surface area contributed by atoms with Crippen LogP contribution in [0.25, 0.3) is 0 Å². The van der Waals surface area contributed by atoms with Gasteiger partial charge < -0.3 is 4.74 Å². The van der Waals surface area contributed by atoms with Crippen LogP contribution in [0.2, 0.25) is 0 Å². The Morgan fingerprint density at radius 2 is 1.23 bits per heavy atom. The van der Waals surface area contributed by atoms with Crippen molar-refractivity contribution in [3.63, 3.8) is 0 Å². The molecule has 154 valence electrons. The smallest absolute Gasteiger partial charge is 0.460 e. The van der Waals surface area contributed by atoms with Crippen molar-refractivity contribution in [2.45, 2.75) is 60.0 Å². The van der Waals surface area contributed by atoms with E-state index in [1.807, 2.05) is 0 Å². The molecular weight excluding hydrogens is 425 g/mol. The molecule has 0 spiro atoms. The van der Waals surface area contributed by atoms with Crippen LogP contribution in [0.5, 0.6) is 0 Å². The van der Waals surface area contributed by atoms with Gasteiger partial charge in [0.25, 0.3) is 19.7 Å². The number of alkyl halides is 7. The third kappa shape index (κ3) is 4.58. The summed E-state index contributed by atoms with van der Waals surface area (Å²) in [6.45, 7) is 0. The Hall–Kier alpha value is -1.12. The molecule has 0 radical (unpaired) electrons. The minimum Gasteiger partial charge on any atom is -0.460 e. The number of esters is 1. The Kier molecular flexibility index (Phi) is 6.59. The van der Waals surface area contributed by atoms with Crippen LogP contribution in [0.15, 0.2) is 0 Å². The molecule has 0 N–H and O–H groups in total. The maximum absolute atomic E-state index is 14.0. The molecule has 1 aliphatic rings. The number of hydrogen-bond acceptors (Lipinski definition) is 6. The molecule has 0 saturated heterocycles. The van der Waals surface area contributed by atoms with Gasteiger partial charge in [0.05, 0.1) is 0 Å². The molecule has 0 aromatic rings. The summed E-state index contributed by atoms with van der Waals surface area (Å²) in [5, 5.41) is 0. The van der Waals surface area contributed by atoms with E-state index in [-0.39, 0.29) is 12.8 Å². The molecule has 15 heteroatoms. The number of rotatable bonds is 5. The van der Waals surface area contributed by atoms with Gasteiger partial charge in [-0.3, -0.25) is 0 Å². The molecule has 1 fully saturated rings. The minimum atomic E-state index is -7.25. The highest BCUT2D eigenvalue weighted by atomic mass is 32.3. The second-order valence-corrected chi connectivity index (χ2v) is 9.87. The Morgan fingerprint density at radius 3 is 1.58 bits per heavy atom. The number of hydrogen-bond donors (Lipinski definition) is 0. The molecule has 0 amide bonds. The van der Waals surface area contributed by atoms with Crippen molar-refractivity contribution in [3.8, 4) is 0 Å². The topological polar surface area (TPSA) is 94.6 Å². The van der Waals surface area contributed by atoms with Crippen molar-refractivity contribution in [1.82, 2.24) is 0 Å². The second kappa shape index (κ2) is 7.48. The van der Waals surface area contributed by atoms with Crippen LogP contribution < -0.4 is 0 Å². The van der Waals surface area contributed by atoms with Crippen LogP contribution in [-0.4, -0.2) is 50.7 Å². The van der Waals surface area contributed by atoms with Gasteiger partial charge in [0, 0.05) is 0 Å². The quantitative estimate of drug-likeness (QED) is 0.483. The molecule has 0 bridgehead atoms. The number of halogens is 7. The van der Waals surface area contributed by atoms with Gasteiger partial charge in [-0.2, -0.15) is 26.3 Å². The standard InChI is InChI=1S/C11H13F7O6S2/c12-7(8(19)24-6-4-2-1-3-5-6)9(25(20,21)10(13,14)15)26(22,23)11(16,17)18/h6-7,9H,1-5H2. The molecule has 1 aliphatic carbocycles. The summed E-state index contributed by atoms with van der Waals surface area (Å²) in [4.78, 5) is 11.5. The van der Waals surface area contributed by atoms with Gasteiger partial charge in [0.1, 0.15) is 6.10 Å². The van der Waals surface area contributed by atoms with E-state index >= 15 is 0 Å². The zero-order valence-electron chi connectivity index (χ0n) is 12.7. The van der Waals surface area contributed by atoms with Crippen molar-refractivity contribution < 1.29 is 57.1 Å². The lowest BCUT2D eigenvalue weighted by Gasteiger charge is -2.26. The minimum absolute atomic E-state index is 0.126. The van der Waals surface area contributed by atoms with Crippen LogP contribution in [0.3, 0.4) is 0 Å². The summed E-state index contributed by atoms with van der Waals surface area (Å²) in [5.74, 6) is -2.41. The van der Waals surface area contributed by atoms with Crippen molar-refractivity contribution in [2.24, 2.45) is 0 Å². The van der Waals surface area contributed by atoms with E-state index in [1.54, 1.807) is 0 Å². The summed E-state index contributed by atoms with van der Waals surface area (Å²) in [6, 6.07) is 0. The van der Waals surface area contributed by atoms with Gasteiger partial charge in [0.2, 0.25) is 10.8 Å². The summed E-state index contributed by atoms with van der Waals surface area (Å²) in [5.41, 5.74) is -13.1. The lowest BCUT2D eigenvalue weighted by atomic mass is 9.98. The fourth-order valence-electron chi connectivity index (χ4n) is 2.27. The maximum Gasteiger partial charge on any atom is 0.498 e. The van der Waals surface area contributed by atoms with E-state index in [1.165, 1.54) is 0 Å². The lowest BCUT2D eigenvalue weighted by molar-refractivity contribution is -0.156. The third-order valence-electron chi connectivity index (χ3n) is 3.56. The number of carbonyl (C=O) groups excluding carboxylic acids is 1. The lowest BCUT2D eigenvalue weighted by Crippen LogP contribution is -2.52. The predicted octanol–water partition coefficient (Wildman–Crippen LogP) is 2.40. The van der Waals surface area contributed by atoms with Crippen molar-refractivity contribution in [1.29, 1.82) is 0 Å². The average molecular weight is 438 g/mol. The molecule has 0 heterocycles. The average Bonchev–Trinajstić information content (AvgIpc) is 2.45. The molecule has 1 atom stereocenters. The Bertz CT molecular complexity index is 675. The highest BCUT2D eigenvalue weighted by Crippen LogP contribution is 2.39. The van der Waals surface area contributed by atoms with Crippen molar-refractivity contribution in [3.05, 3.63) is 0 Å². The summed E-state index contributed by atoms with van der Waals surface area (Å²) < 4.78 is 134. The van der Waals surface area contributed by atoms with E-state index < -0.39 is 53.5 Å². The number of ether oxygens (including phenoxy) is 1. The maximum atomic E-state index is 14.0. The molecule has 0 aromatic heterocycles. The summed E-state index contributed by atoms with van der Waals surface area (Å²) in [7, 11) is -14.5. The van der Waals surface area contributed by atoms with Crippen LogP contribution in [0.4, 0.5) is 30.7 Å². The molecular formula is C11H13F7O6S2. The Morgan fingerprint density at radius 1 is 0.846 bits per heavy atom. The van der Waals surface area contributed by atoms with Gasteiger partial charge in [-0.25, -0.2) is 26.0 Å².